The van der Waals surface area contributed by atoms with E-state index in [-0.39, 0.29) is 10.7 Å². The fourth-order valence-corrected chi connectivity index (χ4v) is 1.62. The molecular weight excluding hydrogens is 292 g/mol. The van der Waals surface area contributed by atoms with Gasteiger partial charge in [-0.05, 0) is 36.5 Å². The van der Waals surface area contributed by atoms with Crippen molar-refractivity contribution in [1.82, 2.24) is 10.4 Å². The van der Waals surface area contributed by atoms with Gasteiger partial charge >= 0.3 is 0 Å². The van der Waals surface area contributed by atoms with Gasteiger partial charge in [0.15, 0.2) is 16.6 Å². The zero-order valence-electron chi connectivity index (χ0n) is 10.7. The maximum atomic E-state index is 9.59. The first-order valence-corrected chi connectivity index (χ1v) is 6.22. The number of aromatic hydroxyl groups is 3. The molecule has 0 aliphatic carbocycles. The van der Waals surface area contributed by atoms with Gasteiger partial charge in [0.1, 0.15) is 0 Å². The van der Waals surface area contributed by atoms with Crippen molar-refractivity contribution in [3.05, 3.63) is 42.2 Å². The fourth-order valence-electron chi connectivity index (χ4n) is 1.44. The molecule has 0 saturated carbocycles. The van der Waals surface area contributed by atoms with Gasteiger partial charge in [-0.25, -0.2) is 0 Å². The number of hydrogen-bond acceptors (Lipinski definition) is 6. The molecular formula is C13H12N4O3S. The van der Waals surface area contributed by atoms with E-state index in [9.17, 15) is 15.3 Å². The zero-order chi connectivity index (χ0) is 15.2. The lowest BCUT2D eigenvalue weighted by Crippen LogP contribution is -2.23. The largest absolute Gasteiger partial charge is 0.504 e. The highest BCUT2D eigenvalue weighted by Crippen LogP contribution is 2.36. The number of phenolic OH excluding ortho intramolecular Hbond substituents is 3. The Labute approximate surface area is 125 Å². The second-order valence-corrected chi connectivity index (χ2v) is 4.35. The molecule has 0 radical (unpaired) electrons. The molecule has 108 valence electrons. The number of thiocarbonyl (C=S) groups is 1. The summed E-state index contributed by atoms with van der Waals surface area (Å²) in [6.07, 6.45) is 4.49. The number of hydrazone groups is 1. The van der Waals surface area contributed by atoms with Crippen molar-refractivity contribution in [2.45, 2.75) is 0 Å². The third-order valence-electron chi connectivity index (χ3n) is 2.45. The van der Waals surface area contributed by atoms with Gasteiger partial charge in [0, 0.05) is 11.8 Å². The Balaban J connectivity index is 1.97. The first-order chi connectivity index (χ1) is 10.1. The number of rotatable bonds is 3. The van der Waals surface area contributed by atoms with Crippen LogP contribution in [0, 0.1) is 0 Å². The molecule has 0 amide bonds. The molecule has 1 aromatic heterocycles. The Hall–Kier alpha value is -2.87. The second kappa shape index (κ2) is 6.53. The van der Waals surface area contributed by atoms with E-state index in [1.807, 2.05) is 0 Å². The minimum atomic E-state index is -0.602. The molecule has 0 bridgehead atoms. The molecule has 0 aliphatic heterocycles. The molecule has 0 aliphatic rings. The molecule has 0 saturated heterocycles. The van der Waals surface area contributed by atoms with Crippen LogP contribution >= 0.6 is 12.2 Å². The van der Waals surface area contributed by atoms with Gasteiger partial charge in [-0.1, -0.05) is 0 Å². The number of nitrogens with zero attached hydrogens (tertiary/aromatic N) is 2. The Morgan fingerprint density at radius 1 is 1.19 bits per heavy atom. The summed E-state index contributed by atoms with van der Waals surface area (Å²) >= 11 is 5.02. The van der Waals surface area contributed by atoms with Gasteiger partial charge in [0.25, 0.3) is 0 Å². The summed E-state index contributed by atoms with van der Waals surface area (Å²) in [6, 6.07) is 6.18. The average Bonchev–Trinajstić information content (AvgIpc) is 2.48. The van der Waals surface area contributed by atoms with E-state index in [2.05, 4.69) is 20.8 Å². The Kier molecular flexibility index (Phi) is 4.52. The third-order valence-corrected chi connectivity index (χ3v) is 2.64. The van der Waals surface area contributed by atoms with Gasteiger partial charge in [0.2, 0.25) is 5.75 Å². The van der Waals surface area contributed by atoms with E-state index in [1.54, 1.807) is 24.5 Å². The highest BCUT2D eigenvalue weighted by molar-refractivity contribution is 7.80. The van der Waals surface area contributed by atoms with E-state index < -0.39 is 17.2 Å². The highest BCUT2D eigenvalue weighted by Gasteiger charge is 2.09. The summed E-state index contributed by atoms with van der Waals surface area (Å²) in [6.45, 7) is 0. The summed E-state index contributed by atoms with van der Waals surface area (Å²) in [5, 5.41) is 35.1. The van der Waals surface area contributed by atoms with Crippen LogP contribution in [0.2, 0.25) is 0 Å². The molecule has 5 N–H and O–H groups in total. The predicted octanol–water partition coefficient (Wildman–Crippen LogP) is 1.52. The maximum Gasteiger partial charge on any atom is 0.200 e. The zero-order valence-corrected chi connectivity index (χ0v) is 11.5. The van der Waals surface area contributed by atoms with Gasteiger partial charge in [-0.3, -0.25) is 10.4 Å². The molecule has 2 aromatic rings. The van der Waals surface area contributed by atoms with Crippen molar-refractivity contribution < 1.29 is 15.3 Å². The van der Waals surface area contributed by atoms with Crippen LogP contribution in [0.4, 0.5) is 5.69 Å². The Morgan fingerprint density at radius 3 is 2.71 bits per heavy atom. The van der Waals surface area contributed by atoms with E-state index >= 15 is 0 Å². The van der Waals surface area contributed by atoms with Crippen molar-refractivity contribution in [3.63, 3.8) is 0 Å². The van der Waals surface area contributed by atoms with E-state index in [0.29, 0.717) is 5.69 Å². The van der Waals surface area contributed by atoms with Crippen LogP contribution in [-0.2, 0) is 0 Å². The molecule has 8 heteroatoms. The molecule has 1 aromatic carbocycles. The van der Waals surface area contributed by atoms with Crippen molar-refractivity contribution in [3.8, 4) is 17.2 Å². The van der Waals surface area contributed by atoms with Crippen molar-refractivity contribution in [2.75, 3.05) is 5.32 Å². The molecule has 2 rings (SSSR count). The lowest BCUT2D eigenvalue weighted by molar-refractivity contribution is 0.367. The number of anilines is 1. The standard InChI is InChI=1S/C13H12N4O3S/c18-10-4-3-8(11(19)12(10)20)6-15-17-13(21)16-9-2-1-5-14-7-9/h1-7,18-20H,(H2,16,17,21)/b15-6+. The number of aromatic nitrogens is 1. The predicted molar refractivity (Wildman–Crippen MR) is 82.6 cm³/mol. The molecule has 7 nitrogen and oxygen atoms in total. The van der Waals surface area contributed by atoms with E-state index in [4.69, 9.17) is 12.2 Å². The van der Waals surface area contributed by atoms with Gasteiger partial charge < -0.3 is 20.6 Å². The quantitative estimate of drug-likeness (QED) is 0.253. The van der Waals surface area contributed by atoms with E-state index in [1.165, 1.54) is 18.3 Å². The van der Waals surface area contributed by atoms with Crippen LogP contribution < -0.4 is 10.7 Å². The Morgan fingerprint density at radius 2 is 2.00 bits per heavy atom. The number of hydrogen-bond donors (Lipinski definition) is 5. The monoisotopic (exact) mass is 304 g/mol. The summed E-state index contributed by atoms with van der Waals surface area (Å²) in [7, 11) is 0. The Bertz CT molecular complexity index is 677. The molecule has 0 fully saturated rings. The summed E-state index contributed by atoms with van der Waals surface area (Å²) < 4.78 is 0. The summed E-state index contributed by atoms with van der Waals surface area (Å²) in [5.74, 6) is -1.48. The van der Waals surface area contributed by atoms with Gasteiger partial charge in [-0.15, -0.1) is 0 Å². The second-order valence-electron chi connectivity index (χ2n) is 3.94. The topological polar surface area (TPSA) is 110 Å². The number of phenols is 3. The minimum absolute atomic E-state index is 0.224. The molecule has 0 unspecified atom stereocenters. The van der Waals surface area contributed by atoms with Crippen LogP contribution in [-0.4, -0.2) is 31.6 Å². The number of pyridine rings is 1. The molecule has 0 atom stereocenters. The molecule has 21 heavy (non-hydrogen) atoms. The minimum Gasteiger partial charge on any atom is -0.504 e. The van der Waals surface area contributed by atoms with Crippen LogP contribution in [0.15, 0.2) is 41.8 Å². The van der Waals surface area contributed by atoms with Crippen LogP contribution in [0.1, 0.15) is 5.56 Å². The average molecular weight is 304 g/mol. The third kappa shape index (κ3) is 3.80. The van der Waals surface area contributed by atoms with Crippen LogP contribution in [0.3, 0.4) is 0 Å². The van der Waals surface area contributed by atoms with Gasteiger partial charge in [0.05, 0.1) is 18.1 Å². The van der Waals surface area contributed by atoms with Gasteiger partial charge in [-0.2, -0.15) is 5.10 Å². The first-order valence-electron chi connectivity index (χ1n) is 5.82. The lowest BCUT2D eigenvalue weighted by atomic mass is 10.2. The molecule has 1 heterocycles. The van der Waals surface area contributed by atoms with Crippen molar-refractivity contribution >= 4 is 29.2 Å². The molecule has 0 spiro atoms. The normalized spacial score (nSPS) is 10.5. The highest BCUT2D eigenvalue weighted by atomic mass is 32.1. The fraction of sp³-hybridized carbons (Fsp3) is 0. The number of nitrogens with one attached hydrogen (secondary N) is 2. The summed E-state index contributed by atoms with van der Waals surface area (Å²) in [4.78, 5) is 3.92. The number of benzene rings is 1. The van der Waals surface area contributed by atoms with Crippen molar-refractivity contribution in [2.24, 2.45) is 5.10 Å². The lowest BCUT2D eigenvalue weighted by Gasteiger charge is -2.06. The smallest absolute Gasteiger partial charge is 0.200 e. The maximum absolute atomic E-state index is 9.59. The summed E-state index contributed by atoms with van der Waals surface area (Å²) in [5.41, 5.74) is 3.48. The van der Waals surface area contributed by atoms with Crippen LogP contribution in [0.5, 0.6) is 17.2 Å². The van der Waals surface area contributed by atoms with E-state index in [0.717, 1.165) is 0 Å². The first kappa shape index (κ1) is 14.5. The van der Waals surface area contributed by atoms with Crippen molar-refractivity contribution in [1.29, 1.82) is 0 Å². The van der Waals surface area contributed by atoms with Crippen LogP contribution in [0.25, 0.3) is 0 Å². The SMILES string of the molecule is Oc1ccc(/C=N/NC(=S)Nc2cccnc2)c(O)c1O.